The van der Waals surface area contributed by atoms with Gasteiger partial charge >= 0.3 is 0 Å². The van der Waals surface area contributed by atoms with E-state index in [0.29, 0.717) is 18.8 Å². The van der Waals surface area contributed by atoms with Crippen LogP contribution < -0.4 is 9.46 Å². The SMILES string of the molecule is COc1ccc(S(=O)(=O)NC(C)(C)C)cc1C(=O)N1CCCC1. The summed E-state index contributed by atoms with van der Waals surface area (Å²) in [4.78, 5) is 14.4. The van der Waals surface area contributed by atoms with Gasteiger partial charge in [-0.3, -0.25) is 4.79 Å². The fraction of sp³-hybridized carbons (Fsp3) is 0.562. The molecule has 2 rings (SSSR count). The maximum atomic E-state index is 12.6. The summed E-state index contributed by atoms with van der Waals surface area (Å²) < 4.78 is 32.8. The summed E-state index contributed by atoms with van der Waals surface area (Å²) in [6.07, 6.45) is 1.94. The first-order valence-corrected chi connectivity index (χ1v) is 9.14. The molecule has 1 fully saturated rings. The van der Waals surface area contributed by atoms with Crippen LogP contribution in [-0.2, 0) is 10.0 Å². The van der Waals surface area contributed by atoms with Gasteiger partial charge in [-0.05, 0) is 51.8 Å². The summed E-state index contributed by atoms with van der Waals surface area (Å²) in [5.74, 6) is 0.198. The van der Waals surface area contributed by atoms with Crippen LogP contribution in [0.5, 0.6) is 5.75 Å². The normalized spacial score (nSPS) is 15.7. The lowest BCUT2D eigenvalue weighted by atomic mass is 10.1. The number of sulfonamides is 1. The van der Waals surface area contributed by atoms with Gasteiger partial charge in [-0.2, -0.15) is 0 Å². The lowest BCUT2D eigenvalue weighted by Gasteiger charge is -2.21. The average Bonchev–Trinajstić information content (AvgIpc) is 2.97. The van der Waals surface area contributed by atoms with E-state index >= 15 is 0 Å². The second-order valence-corrected chi connectivity index (χ2v) is 8.40. The first kappa shape index (κ1) is 17.7. The number of nitrogens with one attached hydrogen (secondary N) is 1. The van der Waals surface area contributed by atoms with E-state index in [1.54, 1.807) is 25.7 Å². The number of hydrogen-bond donors (Lipinski definition) is 1. The molecule has 0 bridgehead atoms. The van der Waals surface area contributed by atoms with Crippen LogP contribution in [-0.4, -0.2) is 45.0 Å². The lowest BCUT2D eigenvalue weighted by molar-refractivity contribution is 0.0789. The minimum Gasteiger partial charge on any atom is -0.496 e. The van der Waals surface area contributed by atoms with Crippen molar-refractivity contribution in [2.24, 2.45) is 0 Å². The van der Waals surface area contributed by atoms with Gasteiger partial charge in [0.15, 0.2) is 0 Å². The van der Waals surface area contributed by atoms with Gasteiger partial charge in [0.1, 0.15) is 5.75 Å². The Balaban J connectivity index is 2.41. The lowest BCUT2D eigenvalue weighted by Crippen LogP contribution is -2.40. The second kappa shape index (κ2) is 6.49. The minimum atomic E-state index is -3.70. The van der Waals surface area contributed by atoms with E-state index in [9.17, 15) is 13.2 Å². The monoisotopic (exact) mass is 340 g/mol. The van der Waals surface area contributed by atoms with E-state index in [1.165, 1.54) is 25.3 Å². The molecule has 0 aromatic heterocycles. The standard InChI is InChI=1S/C16H24N2O4S/c1-16(2,3)17-23(20,21)12-7-8-14(22-4)13(11-12)15(19)18-9-5-6-10-18/h7-8,11,17H,5-6,9-10H2,1-4H3. The maximum Gasteiger partial charge on any atom is 0.257 e. The highest BCUT2D eigenvalue weighted by Crippen LogP contribution is 2.26. The van der Waals surface area contributed by atoms with Crippen molar-refractivity contribution in [1.82, 2.24) is 9.62 Å². The van der Waals surface area contributed by atoms with Gasteiger partial charge in [0.2, 0.25) is 10.0 Å². The van der Waals surface area contributed by atoms with Gasteiger partial charge < -0.3 is 9.64 Å². The molecule has 1 amide bonds. The zero-order chi connectivity index (χ0) is 17.3. The van der Waals surface area contributed by atoms with E-state index in [1.807, 2.05) is 0 Å². The number of carbonyl (C=O) groups is 1. The van der Waals surface area contributed by atoms with Gasteiger partial charge in [0.05, 0.1) is 17.6 Å². The van der Waals surface area contributed by atoms with E-state index in [0.717, 1.165) is 12.8 Å². The zero-order valence-corrected chi connectivity index (χ0v) is 14.9. The van der Waals surface area contributed by atoms with Crippen LogP contribution in [0.15, 0.2) is 23.1 Å². The molecule has 1 aromatic rings. The largest absolute Gasteiger partial charge is 0.496 e. The molecule has 0 atom stereocenters. The highest BCUT2D eigenvalue weighted by atomic mass is 32.2. The predicted octanol–water partition coefficient (Wildman–Crippen LogP) is 2.01. The molecule has 0 spiro atoms. The number of nitrogens with zero attached hydrogens (tertiary/aromatic N) is 1. The number of rotatable bonds is 4. The Morgan fingerprint density at radius 3 is 2.35 bits per heavy atom. The molecule has 1 aliphatic rings. The van der Waals surface area contributed by atoms with E-state index in [-0.39, 0.29) is 16.4 Å². The van der Waals surface area contributed by atoms with Gasteiger partial charge in [-0.15, -0.1) is 0 Å². The van der Waals surface area contributed by atoms with E-state index < -0.39 is 15.6 Å². The third-order valence-electron chi connectivity index (χ3n) is 3.55. The summed E-state index contributed by atoms with van der Waals surface area (Å²) in [6.45, 7) is 6.69. The molecule has 0 radical (unpaired) electrons. The quantitative estimate of drug-likeness (QED) is 0.910. The van der Waals surface area contributed by atoms with Gasteiger partial charge in [-0.1, -0.05) is 0 Å². The van der Waals surface area contributed by atoms with E-state index in [4.69, 9.17) is 4.74 Å². The Morgan fingerprint density at radius 2 is 1.83 bits per heavy atom. The smallest absolute Gasteiger partial charge is 0.257 e. The number of carbonyl (C=O) groups excluding carboxylic acids is 1. The van der Waals surface area contributed by atoms with Crippen molar-refractivity contribution in [3.05, 3.63) is 23.8 Å². The molecular formula is C16H24N2O4S. The van der Waals surface area contributed by atoms with Gasteiger partial charge in [-0.25, -0.2) is 13.1 Å². The van der Waals surface area contributed by atoms with Gasteiger partial charge in [0, 0.05) is 18.6 Å². The Labute approximate surface area is 137 Å². The van der Waals surface area contributed by atoms with Gasteiger partial charge in [0.25, 0.3) is 5.91 Å². The molecule has 1 aliphatic heterocycles. The van der Waals surface area contributed by atoms with Crippen molar-refractivity contribution in [3.63, 3.8) is 0 Å². The molecule has 0 aliphatic carbocycles. The number of amides is 1. The molecule has 7 heteroatoms. The molecule has 1 N–H and O–H groups in total. The Morgan fingerprint density at radius 1 is 1.22 bits per heavy atom. The predicted molar refractivity (Wildman–Crippen MR) is 88.2 cm³/mol. The fourth-order valence-electron chi connectivity index (χ4n) is 2.57. The molecule has 1 aromatic carbocycles. The summed E-state index contributed by atoms with van der Waals surface area (Å²) in [7, 11) is -2.23. The van der Waals surface area contributed by atoms with E-state index in [2.05, 4.69) is 4.72 Å². The third kappa shape index (κ3) is 4.23. The topological polar surface area (TPSA) is 75.7 Å². The molecule has 23 heavy (non-hydrogen) atoms. The number of benzene rings is 1. The molecule has 6 nitrogen and oxygen atoms in total. The summed E-state index contributed by atoms with van der Waals surface area (Å²) in [6, 6.07) is 4.38. The molecule has 0 unspecified atom stereocenters. The number of likely N-dealkylation sites (tertiary alicyclic amines) is 1. The van der Waals surface area contributed by atoms with Crippen molar-refractivity contribution in [3.8, 4) is 5.75 Å². The van der Waals surface area contributed by atoms with Crippen LogP contribution in [0.1, 0.15) is 44.0 Å². The molecule has 1 saturated heterocycles. The van der Waals surface area contributed by atoms with Crippen molar-refractivity contribution >= 4 is 15.9 Å². The van der Waals surface area contributed by atoms with Crippen LogP contribution in [0.2, 0.25) is 0 Å². The van der Waals surface area contributed by atoms with Crippen molar-refractivity contribution in [2.75, 3.05) is 20.2 Å². The maximum absolute atomic E-state index is 12.6. The number of methoxy groups -OCH3 is 1. The Bertz CT molecular complexity index is 687. The summed E-state index contributed by atoms with van der Waals surface area (Å²) in [5, 5.41) is 0. The number of hydrogen-bond acceptors (Lipinski definition) is 4. The van der Waals surface area contributed by atoms with Crippen LogP contribution in [0.4, 0.5) is 0 Å². The Kier molecular flexibility index (Phi) is 5.01. The summed E-state index contributed by atoms with van der Waals surface area (Å²) >= 11 is 0. The molecule has 1 heterocycles. The second-order valence-electron chi connectivity index (χ2n) is 6.72. The van der Waals surface area contributed by atoms with Crippen LogP contribution in [0.3, 0.4) is 0 Å². The third-order valence-corrected chi connectivity index (χ3v) is 5.30. The first-order chi connectivity index (χ1) is 10.6. The average molecular weight is 340 g/mol. The van der Waals surface area contributed by atoms with Crippen LogP contribution in [0.25, 0.3) is 0 Å². The van der Waals surface area contributed by atoms with Crippen LogP contribution in [0, 0.1) is 0 Å². The van der Waals surface area contributed by atoms with Crippen molar-refractivity contribution < 1.29 is 17.9 Å². The minimum absolute atomic E-state index is 0.0655. The zero-order valence-electron chi connectivity index (χ0n) is 14.0. The Hall–Kier alpha value is -1.60. The van der Waals surface area contributed by atoms with Crippen molar-refractivity contribution in [2.45, 2.75) is 44.0 Å². The fourth-order valence-corrected chi connectivity index (χ4v) is 4.02. The highest BCUT2D eigenvalue weighted by molar-refractivity contribution is 7.89. The summed E-state index contributed by atoms with van der Waals surface area (Å²) in [5.41, 5.74) is -0.316. The molecule has 0 saturated carbocycles. The molecule has 128 valence electrons. The van der Waals surface area contributed by atoms with Crippen LogP contribution >= 0.6 is 0 Å². The van der Waals surface area contributed by atoms with Crippen molar-refractivity contribution in [1.29, 1.82) is 0 Å². The highest BCUT2D eigenvalue weighted by Gasteiger charge is 2.27. The molecular weight excluding hydrogens is 316 g/mol. The number of ether oxygens (including phenoxy) is 1. The first-order valence-electron chi connectivity index (χ1n) is 7.65.